The number of amides is 2. The predicted molar refractivity (Wildman–Crippen MR) is 115 cm³/mol. The summed E-state index contributed by atoms with van der Waals surface area (Å²) in [6.45, 7) is 2.07. The monoisotopic (exact) mass is 465 g/mol. The van der Waals surface area contributed by atoms with Crippen molar-refractivity contribution < 1.29 is 33.3 Å². The highest BCUT2D eigenvalue weighted by atomic mass is 32.1. The lowest BCUT2D eigenvalue weighted by atomic mass is 10.3. The van der Waals surface area contributed by atoms with Crippen LogP contribution in [0, 0.1) is 0 Å². The molecule has 0 saturated heterocycles. The van der Waals surface area contributed by atoms with Crippen LogP contribution in [0.25, 0.3) is 0 Å². The average molecular weight is 466 g/mol. The van der Waals surface area contributed by atoms with Crippen molar-refractivity contribution in [2.75, 3.05) is 26.4 Å². The molecule has 0 atom stereocenters. The number of thiocarbonyl (C=S) groups is 1. The summed E-state index contributed by atoms with van der Waals surface area (Å²) in [5, 5.41) is 2.25. The summed E-state index contributed by atoms with van der Waals surface area (Å²) in [6.07, 6.45) is 0. The number of para-hydroxylation sites is 1. The molecule has 2 amide bonds. The molecule has 0 radical (unpaired) electrons. The van der Waals surface area contributed by atoms with Gasteiger partial charge in [0.25, 0.3) is 11.8 Å². The third kappa shape index (κ3) is 5.83. The highest BCUT2D eigenvalue weighted by molar-refractivity contribution is 7.80. The van der Waals surface area contributed by atoms with Gasteiger partial charge in [-0.3, -0.25) is 25.8 Å². The third-order valence-corrected chi connectivity index (χ3v) is 5.06. The number of hydrogen-bond donors (Lipinski definition) is 3. The van der Waals surface area contributed by atoms with E-state index in [1.165, 1.54) is 0 Å². The smallest absolute Gasteiger partial charge is 0.352 e. The fourth-order valence-corrected chi connectivity index (χ4v) is 3.57. The standard InChI is InChI=1S/C19H19N3O7S2/c1-2-26-18(25)16-14-13(27-8-9-28-14)15(31-16)17(24)20-19(30)22-21-12(23)10-29-11-6-4-3-5-7-11/h3-7H,2,8-10H2,1H3,(H,21,23)(H2,20,22,24,30). The molecule has 0 fully saturated rings. The molecule has 0 aliphatic carbocycles. The number of esters is 1. The number of rotatable bonds is 6. The summed E-state index contributed by atoms with van der Waals surface area (Å²) in [5.74, 6) is -0.884. The fraction of sp³-hybridized carbons (Fsp3) is 0.263. The lowest BCUT2D eigenvalue weighted by molar-refractivity contribution is -0.123. The second-order valence-corrected chi connectivity index (χ2v) is 7.32. The van der Waals surface area contributed by atoms with Gasteiger partial charge in [0.05, 0.1) is 6.61 Å². The molecule has 0 unspecified atom stereocenters. The average Bonchev–Trinajstić information content (AvgIpc) is 3.17. The van der Waals surface area contributed by atoms with Crippen LogP contribution in [-0.4, -0.2) is 49.3 Å². The van der Waals surface area contributed by atoms with Crippen LogP contribution in [0.4, 0.5) is 0 Å². The van der Waals surface area contributed by atoms with Gasteiger partial charge in [0.15, 0.2) is 28.1 Å². The molecule has 3 N–H and O–H groups in total. The number of benzene rings is 1. The largest absolute Gasteiger partial charge is 0.484 e. The van der Waals surface area contributed by atoms with E-state index in [1.807, 2.05) is 6.07 Å². The van der Waals surface area contributed by atoms with Crippen LogP contribution in [0.5, 0.6) is 17.2 Å². The van der Waals surface area contributed by atoms with Crippen LogP contribution >= 0.6 is 23.6 Å². The van der Waals surface area contributed by atoms with E-state index in [2.05, 4.69) is 16.2 Å². The lowest BCUT2D eigenvalue weighted by Crippen LogP contribution is -2.49. The first-order chi connectivity index (χ1) is 15.0. The molecule has 10 nitrogen and oxygen atoms in total. The Morgan fingerprint density at radius 1 is 1.06 bits per heavy atom. The van der Waals surface area contributed by atoms with Crippen molar-refractivity contribution in [1.82, 2.24) is 16.2 Å². The molecule has 1 aromatic carbocycles. The zero-order chi connectivity index (χ0) is 22.2. The van der Waals surface area contributed by atoms with Gasteiger partial charge in [0.2, 0.25) is 0 Å². The maximum atomic E-state index is 12.6. The number of fused-ring (bicyclic) bond motifs is 1. The van der Waals surface area contributed by atoms with E-state index in [0.29, 0.717) is 5.75 Å². The van der Waals surface area contributed by atoms with Crippen molar-refractivity contribution >= 4 is 46.5 Å². The number of hydrogen-bond acceptors (Lipinski definition) is 9. The van der Waals surface area contributed by atoms with Crippen LogP contribution in [0.3, 0.4) is 0 Å². The molecule has 12 heteroatoms. The highest BCUT2D eigenvalue weighted by Crippen LogP contribution is 2.44. The minimum atomic E-state index is -0.630. The van der Waals surface area contributed by atoms with Crippen molar-refractivity contribution in [3.8, 4) is 17.2 Å². The van der Waals surface area contributed by atoms with E-state index in [-0.39, 0.29) is 52.8 Å². The quantitative estimate of drug-likeness (QED) is 0.330. The SMILES string of the molecule is CCOC(=O)c1sc(C(=O)NC(=S)NNC(=O)COc2ccccc2)c2c1OCCO2. The summed E-state index contributed by atoms with van der Waals surface area (Å²) in [5.41, 5.74) is 4.73. The van der Waals surface area contributed by atoms with Gasteiger partial charge >= 0.3 is 5.97 Å². The molecule has 0 bridgehead atoms. The Morgan fingerprint density at radius 3 is 2.42 bits per heavy atom. The van der Waals surface area contributed by atoms with Crippen LogP contribution in [0.2, 0.25) is 0 Å². The number of hydrazine groups is 1. The van der Waals surface area contributed by atoms with Gasteiger partial charge in [-0.1, -0.05) is 18.2 Å². The normalized spacial score (nSPS) is 11.8. The zero-order valence-electron chi connectivity index (χ0n) is 16.4. The van der Waals surface area contributed by atoms with E-state index in [4.69, 9.17) is 31.2 Å². The summed E-state index contributed by atoms with van der Waals surface area (Å²) >= 11 is 5.90. The second-order valence-electron chi connectivity index (χ2n) is 5.89. The minimum Gasteiger partial charge on any atom is -0.484 e. The summed E-state index contributed by atoms with van der Waals surface area (Å²) in [7, 11) is 0. The lowest BCUT2D eigenvalue weighted by Gasteiger charge is -2.17. The Bertz CT molecular complexity index is 978. The van der Waals surface area contributed by atoms with Gasteiger partial charge < -0.3 is 18.9 Å². The molecule has 1 aliphatic heterocycles. The number of ether oxygens (including phenoxy) is 4. The number of nitrogens with one attached hydrogen (secondary N) is 3. The van der Waals surface area contributed by atoms with E-state index in [9.17, 15) is 14.4 Å². The van der Waals surface area contributed by atoms with Crippen molar-refractivity contribution in [3.63, 3.8) is 0 Å². The van der Waals surface area contributed by atoms with Crippen molar-refractivity contribution in [2.45, 2.75) is 6.92 Å². The van der Waals surface area contributed by atoms with E-state index >= 15 is 0 Å². The molecule has 164 valence electrons. The van der Waals surface area contributed by atoms with Gasteiger partial charge in [-0.25, -0.2) is 4.79 Å². The number of thiophene rings is 1. The van der Waals surface area contributed by atoms with Crippen molar-refractivity contribution in [3.05, 3.63) is 40.1 Å². The highest BCUT2D eigenvalue weighted by Gasteiger charge is 2.32. The maximum absolute atomic E-state index is 12.6. The molecule has 31 heavy (non-hydrogen) atoms. The molecule has 3 rings (SSSR count). The molecule has 2 heterocycles. The van der Waals surface area contributed by atoms with Gasteiger partial charge in [-0.05, 0) is 31.3 Å². The van der Waals surface area contributed by atoms with Gasteiger partial charge in [-0.2, -0.15) is 0 Å². The molecule has 0 saturated carbocycles. The summed E-state index contributed by atoms with van der Waals surface area (Å²) < 4.78 is 21.3. The van der Waals surface area contributed by atoms with Gasteiger partial charge in [0.1, 0.15) is 23.8 Å². The summed E-state index contributed by atoms with van der Waals surface area (Å²) in [6, 6.07) is 8.81. The first-order valence-corrected chi connectivity index (χ1v) is 10.4. The molecule has 0 spiro atoms. The van der Waals surface area contributed by atoms with Gasteiger partial charge in [0, 0.05) is 0 Å². The Morgan fingerprint density at radius 2 is 1.74 bits per heavy atom. The van der Waals surface area contributed by atoms with Crippen molar-refractivity contribution in [1.29, 1.82) is 0 Å². The molecule has 1 aliphatic rings. The van der Waals surface area contributed by atoms with E-state index in [0.717, 1.165) is 11.3 Å². The van der Waals surface area contributed by atoms with Crippen LogP contribution in [0.1, 0.15) is 26.3 Å². The molecule has 2 aromatic rings. The predicted octanol–water partition coefficient (Wildman–Crippen LogP) is 1.41. The molecular weight excluding hydrogens is 446 g/mol. The number of carbonyl (C=O) groups excluding carboxylic acids is 3. The summed E-state index contributed by atoms with van der Waals surface area (Å²) in [4.78, 5) is 36.8. The second kappa shape index (κ2) is 10.6. The first kappa shape index (κ1) is 22.3. The minimum absolute atomic E-state index is 0.0978. The van der Waals surface area contributed by atoms with E-state index < -0.39 is 17.8 Å². The Hall–Kier alpha value is -3.38. The zero-order valence-corrected chi connectivity index (χ0v) is 18.0. The Kier molecular flexibility index (Phi) is 7.62. The van der Waals surface area contributed by atoms with E-state index in [1.54, 1.807) is 31.2 Å². The van der Waals surface area contributed by atoms with Gasteiger partial charge in [-0.15, -0.1) is 11.3 Å². The fourth-order valence-electron chi connectivity index (χ4n) is 2.45. The Labute approximate surface area is 186 Å². The van der Waals surface area contributed by atoms with Crippen LogP contribution in [0.15, 0.2) is 30.3 Å². The molecular formula is C19H19N3O7S2. The van der Waals surface area contributed by atoms with Crippen LogP contribution in [-0.2, 0) is 9.53 Å². The Balaban J connectivity index is 1.55. The maximum Gasteiger partial charge on any atom is 0.352 e. The number of carbonyl (C=O) groups is 3. The van der Waals surface area contributed by atoms with Crippen molar-refractivity contribution in [2.24, 2.45) is 0 Å². The topological polar surface area (TPSA) is 124 Å². The third-order valence-electron chi connectivity index (χ3n) is 3.72. The molecule has 1 aromatic heterocycles. The first-order valence-electron chi connectivity index (χ1n) is 9.17. The van der Waals surface area contributed by atoms with Crippen LogP contribution < -0.4 is 30.4 Å².